The minimum absolute atomic E-state index is 0.176. The number of likely N-dealkylation sites (N-methyl/N-ethyl adjacent to an activating group) is 1. The van der Waals surface area contributed by atoms with Crippen LogP contribution in [0.3, 0.4) is 0 Å². The van der Waals surface area contributed by atoms with Gasteiger partial charge in [0.2, 0.25) is 0 Å². The van der Waals surface area contributed by atoms with E-state index in [1.54, 1.807) is 0 Å². The summed E-state index contributed by atoms with van der Waals surface area (Å²) in [7, 11) is 0. The minimum atomic E-state index is -0.830. The van der Waals surface area contributed by atoms with Gasteiger partial charge in [-0.25, -0.2) is 8.78 Å². The summed E-state index contributed by atoms with van der Waals surface area (Å²) in [6.45, 7) is 6.60. The molecule has 0 radical (unpaired) electrons. The zero-order chi connectivity index (χ0) is 23.9. The van der Waals surface area contributed by atoms with Gasteiger partial charge in [0, 0.05) is 31.1 Å². The van der Waals surface area contributed by atoms with E-state index >= 15 is 4.39 Å². The molecule has 4 saturated heterocycles. The first-order chi connectivity index (χ1) is 17.0. The summed E-state index contributed by atoms with van der Waals surface area (Å²) in [5, 5.41) is 0.741. The van der Waals surface area contributed by atoms with Crippen LogP contribution in [0.15, 0.2) is 4.47 Å². The van der Waals surface area contributed by atoms with E-state index in [0.29, 0.717) is 43.3 Å². The van der Waals surface area contributed by atoms with Gasteiger partial charge in [-0.1, -0.05) is 6.92 Å². The monoisotopic (exact) mass is 549 g/mol. The maximum Gasteiger partial charge on any atom is 0.319 e. The Bertz CT molecular complexity index is 1200. The number of nitrogens with zero attached hydrogens (tertiary/aromatic N) is 5. The SMILES string of the molecule is CCN1CC2CCC1N2c1nc(OC[C@@]23CCCN2C[C@H](F)C3)nc2c(F)c(Br)c3c(c12)COC3. The number of halogens is 3. The van der Waals surface area contributed by atoms with Crippen molar-refractivity contribution in [3.63, 3.8) is 0 Å². The van der Waals surface area contributed by atoms with Crippen molar-refractivity contribution in [2.45, 2.75) is 76.2 Å². The smallest absolute Gasteiger partial charge is 0.319 e. The fourth-order valence-corrected chi connectivity index (χ4v) is 7.84. The van der Waals surface area contributed by atoms with Gasteiger partial charge in [0.1, 0.15) is 24.1 Å². The summed E-state index contributed by atoms with van der Waals surface area (Å²) in [6, 6.07) is 0.511. The molecule has 2 bridgehead atoms. The van der Waals surface area contributed by atoms with Crippen molar-refractivity contribution in [1.82, 2.24) is 19.8 Å². The molecule has 5 aliphatic heterocycles. The molecule has 7 nitrogen and oxygen atoms in total. The van der Waals surface area contributed by atoms with Crippen molar-refractivity contribution >= 4 is 32.7 Å². The van der Waals surface area contributed by atoms with E-state index in [2.05, 4.69) is 42.5 Å². The third kappa shape index (κ3) is 3.29. The summed E-state index contributed by atoms with van der Waals surface area (Å²) in [5.74, 6) is 0.346. The number of piperidine rings is 1. The molecule has 1 aromatic carbocycles. The normalized spacial score (nSPS) is 32.2. The Morgan fingerprint density at radius 1 is 1.20 bits per heavy atom. The number of aromatic nitrogens is 2. The molecule has 4 fully saturated rings. The maximum absolute atomic E-state index is 15.7. The van der Waals surface area contributed by atoms with Gasteiger partial charge in [-0.3, -0.25) is 9.80 Å². The number of likely N-dealkylation sites (tertiary alicyclic amines) is 1. The van der Waals surface area contributed by atoms with Gasteiger partial charge in [-0.05, 0) is 60.3 Å². The van der Waals surface area contributed by atoms with Gasteiger partial charge in [0.25, 0.3) is 0 Å². The molecule has 0 spiro atoms. The highest BCUT2D eigenvalue weighted by molar-refractivity contribution is 9.10. The van der Waals surface area contributed by atoms with Crippen LogP contribution in [0.5, 0.6) is 6.01 Å². The second-order valence-corrected chi connectivity index (χ2v) is 11.5. The molecule has 10 heteroatoms. The Morgan fingerprint density at radius 3 is 2.89 bits per heavy atom. The molecule has 0 N–H and O–H groups in total. The van der Waals surface area contributed by atoms with Gasteiger partial charge in [-0.2, -0.15) is 9.97 Å². The van der Waals surface area contributed by atoms with Crippen LogP contribution in [-0.4, -0.2) is 76.5 Å². The van der Waals surface area contributed by atoms with Crippen LogP contribution >= 0.6 is 15.9 Å². The first-order valence-corrected chi connectivity index (χ1v) is 13.6. The first-order valence-electron chi connectivity index (χ1n) is 12.8. The molecule has 0 saturated carbocycles. The lowest BCUT2D eigenvalue weighted by Gasteiger charge is -2.31. The lowest BCUT2D eigenvalue weighted by atomic mass is 9.95. The third-order valence-corrected chi connectivity index (χ3v) is 9.74. The average molecular weight is 550 g/mol. The number of hydrogen-bond acceptors (Lipinski definition) is 7. The average Bonchev–Trinajstić information content (AvgIpc) is 3.66. The van der Waals surface area contributed by atoms with Crippen molar-refractivity contribution in [3.05, 3.63) is 21.4 Å². The van der Waals surface area contributed by atoms with Gasteiger partial charge >= 0.3 is 6.01 Å². The number of hydrogen-bond donors (Lipinski definition) is 0. The van der Waals surface area contributed by atoms with Gasteiger partial charge in [-0.15, -0.1) is 0 Å². The third-order valence-electron chi connectivity index (χ3n) is 8.91. The molecule has 7 rings (SSSR count). The number of anilines is 1. The van der Waals surface area contributed by atoms with Gasteiger partial charge in [0.05, 0.1) is 34.8 Å². The molecular weight excluding hydrogens is 520 g/mol. The molecular formula is C25H30BrF2N5O2. The topological polar surface area (TPSA) is 54.0 Å². The summed E-state index contributed by atoms with van der Waals surface area (Å²) >= 11 is 3.45. The number of alkyl halides is 1. The summed E-state index contributed by atoms with van der Waals surface area (Å²) in [4.78, 5) is 16.6. The van der Waals surface area contributed by atoms with E-state index in [1.807, 2.05) is 0 Å². The fraction of sp³-hybridized carbons (Fsp3) is 0.680. The van der Waals surface area contributed by atoms with Gasteiger partial charge in [0.15, 0.2) is 5.82 Å². The van der Waals surface area contributed by atoms with Crippen LogP contribution < -0.4 is 9.64 Å². The van der Waals surface area contributed by atoms with Crippen molar-refractivity contribution < 1.29 is 18.3 Å². The first kappa shape index (κ1) is 22.6. The number of rotatable bonds is 5. The zero-order valence-electron chi connectivity index (χ0n) is 19.9. The van der Waals surface area contributed by atoms with E-state index in [-0.39, 0.29) is 23.2 Å². The molecule has 6 heterocycles. The van der Waals surface area contributed by atoms with Gasteiger partial charge < -0.3 is 14.4 Å². The summed E-state index contributed by atoms with van der Waals surface area (Å²) < 4.78 is 42.4. The lowest BCUT2D eigenvalue weighted by Crippen LogP contribution is -2.43. The van der Waals surface area contributed by atoms with Crippen LogP contribution in [0.1, 0.15) is 50.2 Å². The second-order valence-electron chi connectivity index (χ2n) is 10.7. The van der Waals surface area contributed by atoms with Crippen molar-refractivity contribution in [2.75, 3.05) is 37.7 Å². The van der Waals surface area contributed by atoms with Crippen LogP contribution in [0.2, 0.25) is 0 Å². The van der Waals surface area contributed by atoms with E-state index in [4.69, 9.17) is 14.5 Å². The molecule has 188 valence electrons. The Kier molecular flexibility index (Phi) is 5.28. The number of ether oxygens (including phenoxy) is 2. The Morgan fingerprint density at radius 2 is 2.06 bits per heavy atom. The van der Waals surface area contributed by atoms with Crippen LogP contribution in [0.4, 0.5) is 14.6 Å². The fourth-order valence-electron chi connectivity index (χ4n) is 7.30. The largest absolute Gasteiger partial charge is 0.461 e. The van der Waals surface area contributed by atoms with E-state index in [0.717, 1.165) is 67.6 Å². The van der Waals surface area contributed by atoms with E-state index < -0.39 is 12.0 Å². The van der Waals surface area contributed by atoms with Crippen molar-refractivity contribution in [3.8, 4) is 6.01 Å². The molecule has 4 atom stereocenters. The number of benzene rings is 1. The van der Waals surface area contributed by atoms with Crippen LogP contribution in [-0.2, 0) is 18.0 Å². The van der Waals surface area contributed by atoms with Crippen LogP contribution in [0, 0.1) is 5.82 Å². The lowest BCUT2D eigenvalue weighted by molar-refractivity contribution is 0.107. The highest BCUT2D eigenvalue weighted by atomic mass is 79.9. The Labute approximate surface area is 211 Å². The predicted octanol–water partition coefficient (Wildman–Crippen LogP) is 4.15. The molecule has 2 unspecified atom stereocenters. The predicted molar refractivity (Wildman–Crippen MR) is 131 cm³/mol. The Balaban J connectivity index is 1.34. The van der Waals surface area contributed by atoms with Crippen molar-refractivity contribution in [2.24, 2.45) is 0 Å². The molecule has 35 heavy (non-hydrogen) atoms. The summed E-state index contributed by atoms with van der Waals surface area (Å²) in [5.41, 5.74) is 1.76. The standard InChI is InChI=1S/C25H30BrF2N5O2/c1-2-31-10-15-4-5-18(31)33(15)23-19-16-11-34-12-17(16)20(26)21(28)22(19)29-24(30-23)35-13-25-6-3-7-32(25)9-14(27)8-25/h14-15,18H,2-13H2,1H3/t14-,15?,18?,25+/m1/s1. The Hall–Kier alpha value is -1.62. The van der Waals surface area contributed by atoms with Crippen LogP contribution in [0.25, 0.3) is 10.9 Å². The maximum atomic E-state index is 15.7. The molecule has 2 aromatic rings. The zero-order valence-corrected chi connectivity index (χ0v) is 21.5. The second kappa shape index (κ2) is 8.19. The van der Waals surface area contributed by atoms with E-state index in [1.165, 1.54) is 0 Å². The molecule has 0 aliphatic carbocycles. The molecule has 0 amide bonds. The van der Waals surface area contributed by atoms with E-state index in [9.17, 15) is 4.39 Å². The van der Waals surface area contributed by atoms with Crippen molar-refractivity contribution in [1.29, 1.82) is 0 Å². The number of fused-ring (bicyclic) bond motifs is 6. The molecule has 1 aromatic heterocycles. The highest BCUT2D eigenvalue weighted by Gasteiger charge is 2.50. The summed E-state index contributed by atoms with van der Waals surface area (Å²) in [6.07, 6.45) is 3.98. The minimum Gasteiger partial charge on any atom is -0.461 e. The molecule has 5 aliphatic rings. The quantitative estimate of drug-likeness (QED) is 0.555. The highest BCUT2D eigenvalue weighted by Crippen LogP contribution is 2.46.